The minimum absolute atomic E-state index is 0.242. The molecule has 2 rings (SSSR count). The minimum Gasteiger partial charge on any atom is -0.285 e. The molecule has 0 N–H and O–H groups in total. The zero-order chi connectivity index (χ0) is 13.6. The van der Waals surface area contributed by atoms with Crippen molar-refractivity contribution in [3.05, 3.63) is 35.6 Å². The summed E-state index contributed by atoms with van der Waals surface area (Å²) in [6.07, 6.45) is -0.242. The molecule has 1 nitrogen and oxygen atoms in total. The van der Waals surface area contributed by atoms with Crippen LogP contribution in [0.15, 0.2) is 24.3 Å². The van der Waals surface area contributed by atoms with Crippen molar-refractivity contribution in [3.8, 4) is 0 Å². The highest BCUT2D eigenvalue weighted by Gasteiger charge is 2.48. The average molecular weight is 257 g/mol. The van der Waals surface area contributed by atoms with Crippen molar-refractivity contribution in [2.45, 2.75) is 44.7 Å². The summed E-state index contributed by atoms with van der Waals surface area (Å²) in [4.78, 5) is 1.75. The van der Waals surface area contributed by atoms with Crippen LogP contribution in [0.5, 0.6) is 0 Å². The Morgan fingerprint density at radius 2 is 1.94 bits per heavy atom. The summed E-state index contributed by atoms with van der Waals surface area (Å²) in [6.45, 7) is 5.44. The molecule has 0 spiro atoms. The highest BCUT2D eigenvalue weighted by atomic mass is 19.3. The lowest BCUT2D eigenvalue weighted by Gasteiger charge is -2.36. The zero-order valence-electron chi connectivity index (χ0n) is 10.9. The first-order chi connectivity index (χ1) is 8.19. The topological polar surface area (TPSA) is 3.24 Å². The molecule has 0 aliphatic carbocycles. The maximum atomic E-state index is 13.6. The fourth-order valence-corrected chi connectivity index (χ4v) is 2.53. The van der Waals surface area contributed by atoms with E-state index in [0.29, 0.717) is 5.56 Å². The number of hydrogen-bond donors (Lipinski definition) is 0. The molecule has 1 heterocycles. The largest absolute Gasteiger partial charge is 0.285 e. The van der Waals surface area contributed by atoms with Crippen LogP contribution >= 0.6 is 0 Å². The second-order valence-electron chi connectivity index (χ2n) is 5.93. The van der Waals surface area contributed by atoms with E-state index < -0.39 is 12.0 Å². The number of benzene rings is 1. The van der Waals surface area contributed by atoms with Gasteiger partial charge >= 0.3 is 0 Å². The van der Waals surface area contributed by atoms with E-state index in [9.17, 15) is 13.2 Å². The van der Waals surface area contributed by atoms with Gasteiger partial charge in [0.2, 0.25) is 0 Å². The lowest BCUT2D eigenvalue weighted by atomic mass is 9.99. The summed E-state index contributed by atoms with van der Waals surface area (Å²) in [5, 5.41) is 0. The van der Waals surface area contributed by atoms with Crippen LogP contribution in [0.4, 0.5) is 13.2 Å². The van der Waals surface area contributed by atoms with E-state index in [1.165, 1.54) is 12.1 Å². The Morgan fingerprint density at radius 3 is 2.50 bits per heavy atom. The molecular formula is C14H18F3N. The summed E-state index contributed by atoms with van der Waals surface area (Å²) in [5.74, 6) is -3.08. The van der Waals surface area contributed by atoms with Crippen LogP contribution in [-0.2, 0) is 0 Å². The first kappa shape index (κ1) is 13.4. The zero-order valence-corrected chi connectivity index (χ0v) is 10.9. The van der Waals surface area contributed by atoms with Gasteiger partial charge in [-0.1, -0.05) is 12.1 Å². The molecule has 0 radical (unpaired) electrons. The van der Waals surface area contributed by atoms with Gasteiger partial charge in [-0.25, -0.2) is 13.2 Å². The molecule has 0 saturated carbocycles. The van der Waals surface area contributed by atoms with E-state index in [1.54, 1.807) is 17.0 Å². The fourth-order valence-electron chi connectivity index (χ4n) is 2.53. The van der Waals surface area contributed by atoms with E-state index in [-0.39, 0.29) is 24.3 Å². The van der Waals surface area contributed by atoms with Gasteiger partial charge in [-0.05, 0) is 38.5 Å². The lowest BCUT2D eigenvalue weighted by molar-refractivity contribution is 0.00136. The average Bonchev–Trinajstić information content (AvgIpc) is 2.54. The Bertz CT molecular complexity index is 437. The second-order valence-corrected chi connectivity index (χ2v) is 5.93. The van der Waals surface area contributed by atoms with E-state index in [1.807, 2.05) is 20.8 Å². The number of alkyl halides is 2. The minimum atomic E-state index is -2.70. The monoisotopic (exact) mass is 257 g/mol. The normalized spacial score (nSPS) is 24.4. The van der Waals surface area contributed by atoms with Crippen LogP contribution in [0, 0.1) is 5.82 Å². The maximum Gasteiger partial charge on any atom is 0.262 e. The molecule has 1 aromatic rings. The Hall–Kier alpha value is -1.03. The molecule has 4 heteroatoms. The summed E-state index contributed by atoms with van der Waals surface area (Å²) in [5.41, 5.74) is 0.263. The highest BCUT2D eigenvalue weighted by Crippen LogP contribution is 2.44. The van der Waals surface area contributed by atoms with Crippen molar-refractivity contribution in [3.63, 3.8) is 0 Å². The third kappa shape index (κ3) is 2.69. The van der Waals surface area contributed by atoms with Crippen LogP contribution < -0.4 is 0 Å². The van der Waals surface area contributed by atoms with E-state index in [0.717, 1.165) is 0 Å². The predicted octanol–water partition coefficient (Wildman–Crippen LogP) is 4.01. The van der Waals surface area contributed by atoms with Gasteiger partial charge in [0.05, 0.1) is 6.54 Å². The quantitative estimate of drug-likeness (QED) is 0.735. The second kappa shape index (κ2) is 4.26. The molecule has 1 aliphatic rings. The first-order valence-corrected chi connectivity index (χ1v) is 6.09. The van der Waals surface area contributed by atoms with Crippen LogP contribution in [-0.4, -0.2) is 22.9 Å². The van der Waals surface area contributed by atoms with Gasteiger partial charge in [0.25, 0.3) is 5.92 Å². The van der Waals surface area contributed by atoms with Crippen LogP contribution in [0.3, 0.4) is 0 Å². The number of rotatable bonds is 1. The predicted molar refractivity (Wildman–Crippen MR) is 65.2 cm³/mol. The smallest absolute Gasteiger partial charge is 0.262 e. The molecule has 1 unspecified atom stereocenters. The van der Waals surface area contributed by atoms with E-state index >= 15 is 0 Å². The van der Waals surface area contributed by atoms with Crippen molar-refractivity contribution in [2.75, 3.05) is 6.54 Å². The molecule has 1 fully saturated rings. The standard InChI is InChI=1S/C14H18F3N/c1-13(2,3)18-9-14(16,17)8-12(18)10-5-4-6-11(15)7-10/h4-7,12H,8-9H2,1-3H3. The van der Waals surface area contributed by atoms with Crippen LogP contribution in [0.1, 0.15) is 38.8 Å². The SMILES string of the molecule is CC(C)(C)N1CC(F)(F)CC1c1cccc(F)c1. The van der Waals surface area contributed by atoms with Gasteiger partial charge in [-0.2, -0.15) is 0 Å². The van der Waals surface area contributed by atoms with Gasteiger partial charge < -0.3 is 0 Å². The Kier molecular flexibility index (Phi) is 3.18. The Balaban J connectivity index is 2.35. The number of halogens is 3. The van der Waals surface area contributed by atoms with Gasteiger partial charge in [0.15, 0.2) is 0 Å². The summed E-state index contributed by atoms with van der Waals surface area (Å²) < 4.78 is 40.5. The third-order valence-corrected chi connectivity index (χ3v) is 3.36. The van der Waals surface area contributed by atoms with Crippen molar-refractivity contribution < 1.29 is 13.2 Å². The Morgan fingerprint density at radius 1 is 1.28 bits per heavy atom. The van der Waals surface area contributed by atoms with Crippen molar-refractivity contribution in [1.82, 2.24) is 4.90 Å². The molecule has 0 bridgehead atoms. The molecule has 1 atom stereocenters. The molecule has 1 aliphatic heterocycles. The van der Waals surface area contributed by atoms with Gasteiger partial charge in [0, 0.05) is 18.0 Å². The summed E-state index contributed by atoms with van der Waals surface area (Å²) in [6, 6.07) is 5.55. The maximum absolute atomic E-state index is 13.6. The van der Waals surface area contributed by atoms with Crippen molar-refractivity contribution in [2.24, 2.45) is 0 Å². The third-order valence-electron chi connectivity index (χ3n) is 3.36. The van der Waals surface area contributed by atoms with Gasteiger partial charge in [-0.15, -0.1) is 0 Å². The van der Waals surface area contributed by atoms with Crippen molar-refractivity contribution in [1.29, 1.82) is 0 Å². The number of likely N-dealkylation sites (tertiary alicyclic amines) is 1. The summed E-state index contributed by atoms with van der Waals surface area (Å²) >= 11 is 0. The molecule has 100 valence electrons. The van der Waals surface area contributed by atoms with Crippen LogP contribution in [0.2, 0.25) is 0 Å². The lowest BCUT2D eigenvalue weighted by Crippen LogP contribution is -2.42. The first-order valence-electron chi connectivity index (χ1n) is 6.09. The summed E-state index contributed by atoms with van der Waals surface area (Å²) in [7, 11) is 0. The van der Waals surface area contributed by atoms with Crippen molar-refractivity contribution >= 4 is 0 Å². The van der Waals surface area contributed by atoms with Gasteiger partial charge in [0.1, 0.15) is 5.82 Å². The Labute approximate surface area is 106 Å². The van der Waals surface area contributed by atoms with Crippen LogP contribution in [0.25, 0.3) is 0 Å². The number of nitrogens with zero attached hydrogens (tertiary/aromatic N) is 1. The molecule has 1 saturated heterocycles. The molecule has 0 amide bonds. The molecule has 18 heavy (non-hydrogen) atoms. The molecular weight excluding hydrogens is 239 g/mol. The van der Waals surface area contributed by atoms with Gasteiger partial charge in [-0.3, -0.25) is 4.90 Å². The fraction of sp³-hybridized carbons (Fsp3) is 0.571. The highest BCUT2D eigenvalue weighted by molar-refractivity contribution is 5.23. The van der Waals surface area contributed by atoms with E-state index in [2.05, 4.69) is 0 Å². The molecule has 1 aromatic carbocycles. The molecule has 0 aromatic heterocycles. The number of hydrogen-bond acceptors (Lipinski definition) is 1. The van der Waals surface area contributed by atoms with E-state index in [4.69, 9.17) is 0 Å².